The Balaban J connectivity index is 1.82. The van der Waals surface area contributed by atoms with Gasteiger partial charge in [-0.2, -0.15) is 5.10 Å². The second kappa shape index (κ2) is 5.87. The molecule has 132 valence electrons. The van der Waals surface area contributed by atoms with Crippen LogP contribution in [0.25, 0.3) is 5.65 Å². The van der Waals surface area contributed by atoms with Gasteiger partial charge in [0.2, 0.25) is 5.91 Å². The van der Waals surface area contributed by atoms with Crippen LogP contribution in [0.3, 0.4) is 0 Å². The number of nitrogens with one attached hydrogen (secondary N) is 3. The third-order valence-electron chi connectivity index (χ3n) is 4.19. The molecular formula is C17H22N6O2. The maximum atomic E-state index is 12.4. The Hall–Kier alpha value is -2.90. The molecule has 0 aliphatic carbocycles. The molecule has 3 N–H and O–H groups in total. The Morgan fingerprint density at radius 3 is 2.64 bits per heavy atom. The van der Waals surface area contributed by atoms with E-state index in [0.717, 1.165) is 22.6 Å². The normalized spacial score (nSPS) is 11.9. The van der Waals surface area contributed by atoms with Gasteiger partial charge in [-0.05, 0) is 13.8 Å². The number of carbonyl (C=O) groups excluding carboxylic acids is 1. The molecule has 0 aromatic carbocycles. The molecule has 3 aromatic heterocycles. The minimum atomic E-state index is -0.220. The van der Waals surface area contributed by atoms with E-state index >= 15 is 0 Å². The van der Waals surface area contributed by atoms with Crippen LogP contribution in [0.2, 0.25) is 0 Å². The van der Waals surface area contributed by atoms with Gasteiger partial charge < -0.3 is 5.32 Å². The summed E-state index contributed by atoms with van der Waals surface area (Å²) >= 11 is 0. The van der Waals surface area contributed by atoms with E-state index in [2.05, 4.69) is 46.4 Å². The number of hydrogen-bond acceptors (Lipinski definition) is 4. The van der Waals surface area contributed by atoms with Crippen LogP contribution in [0.5, 0.6) is 0 Å². The maximum Gasteiger partial charge on any atom is 0.266 e. The SMILES string of the molecule is Cc1nc2cc(=O)[nH]n2c(C)c1CC(=O)Nc1cc(C(C)(C)C)[nH]n1. The summed E-state index contributed by atoms with van der Waals surface area (Å²) in [7, 11) is 0. The quantitative estimate of drug-likeness (QED) is 0.675. The van der Waals surface area contributed by atoms with Crippen LogP contribution in [0.15, 0.2) is 16.9 Å². The van der Waals surface area contributed by atoms with Crippen molar-refractivity contribution < 1.29 is 4.79 Å². The van der Waals surface area contributed by atoms with Gasteiger partial charge in [-0.15, -0.1) is 0 Å². The smallest absolute Gasteiger partial charge is 0.266 e. The average molecular weight is 342 g/mol. The van der Waals surface area contributed by atoms with Crippen molar-refractivity contribution in [2.45, 2.75) is 46.5 Å². The molecule has 0 aliphatic rings. The molecule has 0 atom stereocenters. The molecule has 0 bridgehead atoms. The third-order valence-corrected chi connectivity index (χ3v) is 4.19. The largest absolute Gasteiger partial charge is 0.309 e. The zero-order chi connectivity index (χ0) is 18.4. The van der Waals surface area contributed by atoms with Crippen LogP contribution in [-0.4, -0.2) is 30.7 Å². The van der Waals surface area contributed by atoms with E-state index in [-0.39, 0.29) is 23.3 Å². The molecule has 0 unspecified atom stereocenters. The third kappa shape index (κ3) is 3.33. The topological polar surface area (TPSA) is 108 Å². The van der Waals surface area contributed by atoms with Gasteiger partial charge in [0.25, 0.3) is 5.56 Å². The Kier molecular flexibility index (Phi) is 3.98. The summed E-state index contributed by atoms with van der Waals surface area (Å²) in [5, 5.41) is 12.6. The fourth-order valence-electron chi connectivity index (χ4n) is 2.73. The minimum absolute atomic E-state index is 0.0710. The predicted octanol–water partition coefficient (Wildman–Crippen LogP) is 1.84. The highest BCUT2D eigenvalue weighted by Gasteiger charge is 2.18. The fraction of sp³-hybridized carbons (Fsp3) is 0.412. The predicted molar refractivity (Wildman–Crippen MR) is 94.9 cm³/mol. The lowest BCUT2D eigenvalue weighted by Crippen LogP contribution is -2.18. The Morgan fingerprint density at radius 2 is 2.00 bits per heavy atom. The summed E-state index contributed by atoms with van der Waals surface area (Å²) in [4.78, 5) is 28.3. The molecule has 3 heterocycles. The molecule has 1 amide bonds. The summed E-state index contributed by atoms with van der Waals surface area (Å²) in [6.07, 6.45) is 0.151. The van der Waals surface area contributed by atoms with E-state index in [1.165, 1.54) is 6.07 Å². The number of hydrogen-bond donors (Lipinski definition) is 3. The van der Waals surface area contributed by atoms with Crippen molar-refractivity contribution in [1.82, 2.24) is 24.8 Å². The number of rotatable bonds is 3. The van der Waals surface area contributed by atoms with Crippen molar-refractivity contribution in [3.63, 3.8) is 0 Å². The number of fused-ring (bicyclic) bond motifs is 1. The average Bonchev–Trinajstić information content (AvgIpc) is 3.09. The highest BCUT2D eigenvalue weighted by atomic mass is 16.1. The zero-order valence-corrected chi connectivity index (χ0v) is 15.0. The number of H-pyrrole nitrogens is 2. The van der Waals surface area contributed by atoms with Crippen molar-refractivity contribution in [3.8, 4) is 0 Å². The van der Waals surface area contributed by atoms with Crippen LogP contribution in [0, 0.1) is 13.8 Å². The Morgan fingerprint density at radius 1 is 1.28 bits per heavy atom. The fourth-order valence-corrected chi connectivity index (χ4v) is 2.73. The lowest BCUT2D eigenvalue weighted by Gasteiger charge is -2.14. The highest BCUT2D eigenvalue weighted by Crippen LogP contribution is 2.22. The number of nitrogens with zero attached hydrogens (tertiary/aromatic N) is 3. The second-order valence-corrected chi connectivity index (χ2v) is 7.22. The molecule has 0 fully saturated rings. The molecule has 25 heavy (non-hydrogen) atoms. The molecule has 0 radical (unpaired) electrons. The first-order chi connectivity index (χ1) is 11.6. The lowest BCUT2D eigenvalue weighted by molar-refractivity contribution is -0.115. The van der Waals surface area contributed by atoms with Crippen molar-refractivity contribution in [3.05, 3.63) is 45.1 Å². The lowest BCUT2D eigenvalue weighted by atomic mass is 9.92. The summed E-state index contributed by atoms with van der Waals surface area (Å²) in [6.45, 7) is 9.89. The van der Waals surface area contributed by atoms with Crippen LogP contribution in [-0.2, 0) is 16.6 Å². The van der Waals surface area contributed by atoms with Crippen LogP contribution in [0.1, 0.15) is 43.4 Å². The molecule has 8 heteroatoms. The molecule has 8 nitrogen and oxygen atoms in total. The Bertz CT molecular complexity index is 1000. The van der Waals surface area contributed by atoms with E-state index < -0.39 is 0 Å². The van der Waals surface area contributed by atoms with Crippen LogP contribution in [0.4, 0.5) is 5.82 Å². The minimum Gasteiger partial charge on any atom is -0.309 e. The van der Waals surface area contributed by atoms with Gasteiger partial charge in [0, 0.05) is 40.2 Å². The maximum absolute atomic E-state index is 12.4. The highest BCUT2D eigenvalue weighted by molar-refractivity contribution is 5.91. The number of aromatic nitrogens is 5. The number of aryl methyl sites for hydroxylation is 2. The van der Waals surface area contributed by atoms with Crippen molar-refractivity contribution in [2.75, 3.05) is 5.32 Å². The molecule has 0 saturated carbocycles. The zero-order valence-electron chi connectivity index (χ0n) is 15.0. The summed E-state index contributed by atoms with van der Waals surface area (Å²) < 4.78 is 1.60. The van der Waals surface area contributed by atoms with E-state index in [9.17, 15) is 9.59 Å². The summed E-state index contributed by atoms with van der Waals surface area (Å²) in [5.41, 5.74) is 3.50. The second-order valence-electron chi connectivity index (χ2n) is 7.22. The van der Waals surface area contributed by atoms with E-state index in [1.54, 1.807) is 4.52 Å². The first-order valence-electron chi connectivity index (χ1n) is 8.09. The van der Waals surface area contributed by atoms with Gasteiger partial charge in [-0.3, -0.25) is 19.8 Å². The molecule has 0 saturated heterocycles. The first-order valence-corrected chi connectivity index (χ1v) is 8.09. The van der Waals surface area contributed by atoms with Crippen LogP contribution >= 0.6 is 0 Å². The summed E-state index contributed by atoms with van der Waals surface area (Å²) in [5.74, 6) is 0.308. The number of anilines is 1. The molecular weight excluding hydrogens is 320 g/mol. The van der Waals surface area contributed by atoms with E-state index in [4.69, 9.17) is 0 Å². The number of amides is 1. The monoisotopic (exact) mass is 342 g/mol. The number of carbonyl (C=O) groups is 1. The Labute approximate surface area is 144 Å². The van der Waals surface area contributed by atoms with E-state index in [1.807, 2.05) is 19.9 Å². The molecule has 3 aromatic rings. The molecule has 0 spiro atoms. The van der Waals surface area contributed by atoms with Gasteiger partial charge in [-0.1, -0.05) is 20.8 Å². The standard InChI is InChI=1S/C17H22N6O2/c1-9-11(10(2)23-14(18-9)8-16(25)22-23)6-15(24)19-13-7-12(20-21-13)17(3,4)5/h7-8H,6H2,1-5H3,(H,22,25)(H2,19,20,21,24). The van der Waals surface area contributed by atoms with Crippen molar-refractivity contribution >= 4 is 17.4 Å². The van der Waals surface area contributed by atoms with Gasteiger partial charge in [-0.25, -0.2) is 9.50 Å². The summed E-state index contributed by atoms with van der Waals surface area (Å²) in [6, 6.07) is 3.27. The van der Waals surface area contributed by atoms with Crippen molar-refractivity contribution in [2.24, 2.45) is 0 Å². The van der Waals surface area contributed by atoms with Gasteiger partial charge in [0.05, 0.1) is 6.42 Å². The van der Waals surface area contributed by atoms with Gasteiger partial charge in [0.15, 0.2) is 11.5 Å². The van der Waals surface area contributed by atoms with E-state index in [0.29, 0.717) is 11.5 Å². The van der Waals surface area contributed by atoms with Gasteiger partial charge in [0.1, 0.15) is 0 Å². The van der Waals surface area contributed by atoms with Crippen molar-refractivity contribution in [1.29, 1.82) is 0 Å². The number of aromatic amines is 2. The van der Waals surface area contributed by atoms with Gasteiger partial charge >= 0.3 is 0 Å². The molecule has 3 rings (SSSR count). The first kappa shape index (κ1) is 16.9. The van der Waals surface area contributed by atoms with Crippen LogP contribution < -0.4 is 10.9 Å². The molecule has 0 aliphatic heterocycles.